The molecule has 1 aliphatic rings. The molecule has 1 fully saturated rings. The maximum Gasteiger partial charge on any atom is 0.321 e. The van der Waals surface area contributed by atoms with Crippen molar-refractivity contribution in [2.75, 3.05) is 16.9 Å². The monoisotopic (exact) mass is 406 g/mol. The first-order valence-electron chi connectivity index (χ1n) is 9.00. The number of benzene rings is 2. The van der Waals surface area contributed by atoms with Gasteiger partial charge in [0.2, 0.25) is 5.91 Å². The molecule has 1 atom stereocenters. The number of nitrogens with zero attached hydrogens (tertiary/aromatic N) is 3. The standard InChI is InChI=1S/C21H18N4O3S/c26-19(18-13-29-14-25(18)20(27)15-5-2-1-3-6-15)24-16-7-9-17(10-8-16)28-21-22-11-4-12-23-21/h1-12,18H,13-14H2,(H,24,26)/t18-/m0/s1. The first kappa shape index (κ1) is 18.9. The van der Waals surface area contributed by atoms with Gasteiger partial charge in [0.05, 0.1) is 5.88 Å². The van der Waals surface area contributed by atoms with Gasteiger partial charge in [-0.3, -0.25) is 9.59 Å². The first-order chi connectivity index (χ1) is 14.2. The molecule has 1 N–H and O–H groups in total. The molecule has 2 aromatic carbocycles. The molecule has 1 saturated heterocycles. The van der Waals surface area contributed by atoms with Crippen molar-refractivity contribution in [1.82, 2.24) is 14.9 Å². The number of ether oxygens (including phenoxy) is 1. The topological polar surface area (TPSA) is 84.4 Å². The smallest absolute Gasteiger partial charge is 0.321 e. The van der Waals surface area contributed by atoms with E-state index < -0.39 is 6.04 Å². The van der Waals surface area contributed by atoms with Crippen LogP contribution in [0.25, 0.3) is 0 Å². The molecular formula is C21H18N4O3S. The Bertz CT molecular complexity index is 984. The zero-order valence-electron chi connectivity index (χ0n) is 15.4. The van der Waals surface area contributed by atoms with Gasteiger partial charge in [-0.25, -0.2) is 9.97 Å². The van der Waals surface area contributed by atoms with Crippen LogP contribution in [0.5, 0.6) is 11.8 Å². The maximum absolute atomic E-state index is 12.8. The third-order valence-corrected chi connectivity index (χ3v) is 5.35. The lowest BCUT2D eigenvalue weighted by Crippen LogP contribution is -2.44. The van der Waals surface area contributed by atoms with E-state index in [2.05, 4.69) is 15.3 Å². The molecule has 2 amide bonds. The summed E-state index contributed by atoms with van der Waals surface area (Å²) in [7, 11) is 0. The predicted molar refractivity (Wildman–Crippen MR) is 111 cm³/mol. The molecule has 0 saturated carbocycles. The summed E-state index contributed by atoms with van der Waals surface area (Å²) >= 11 is 1.57. The lowest BCUT2D eigenvalue weighted by molar-refractivity contribution is -0.119. The van der Waals surface area contributed by atoms with Gasteiger partial charge in [0, 0.05) is 29.4 Å². The minimum atomic E-state index is -0.513. The molecule has 0 aliphatic carbocycles. The normalized spacial score (nSPS) is 15.7. The van der Waals surface area contributed by atoms with Crippen molar-refractivity contribution in [2.45, 2.75) is 6.04 Å². The van der Waals surface area contributed by atoms with E-state index in [1.165, 1.54) is 0 Å². The largest absolute Gasteiger partial charge is 0.424 e. The van der Waals surface area contributed by atoms with E-state index in [9.17, 15) is 9.59 Å². The predicted octanol–water partition coefficient (Wildman–Crippen LogP) is 3.42. The number of carbonyl (C=O) groups excluding carboxylic acids is 2. The number of aromatic nitrogens is 2. The zero-order valence-corrected chi connectivity index (χ0v) is 16.2. The third kappa shape index (κ3) is 4.55. The number of nitrogens with one attached hydrogen (secondary N) is 1. The number of amides is 2. The van der Waals surface area contributed by atoms with Gasteiger partial charge in [0.1, 0.15) is 11.8 Å². The summed E-state index contributed by atoms with van der Waals surface area (Å²) in [6.07, 6.45) is 3.19. The Hall–Kier alpha value is -3.39. The van der Waals surface area contributed by atoms with Gasteiger partial charge < -0.3 is 15.0 Å². The summed E-state index contributed by atoms with van der Waals surface area (Å²) < 4.78 is 5.54. The van der Waals surface area contributed by atoms with Gasteiger partial charge in [0.25, 0.3) is 5.91 Å². The second-order valence-corrected chi connectivity index (χ2v) is 7.30. The van der Waals surface area contributed by atoms with Crippen LogP contribution in [0.2, 0.25) is 0 Å². The van der Waals surface area contributed by atoms with Crippen LogP contribution in [0.1, 0.15) is 10.4 Å². The number of anilines is 1. The quantitative estimate of drug-likeness (QED) is 0.699. The van der Waals surface area contributed by atoms with Crippen molar-refractivity contribution in [3.63, 3.8) is 0 Å². The van der Waals surface area contributed by atoms with Gasteiger partial charge in [0.15, 0.2) is 0 Å². The average Bonchev–Trinajstić information content (AvgIpc) is 3.26. The van der Waals surface area contributed by atoms with Gasteiger partial charge in [-0.05, 0) is 42.5 Å². The highest BCUT2D eigenvalue weighted by atomic mass is 32.2. The van der Waals surface area contributed by atoms with Gasteiger partial charge in [-0.1, -0.05) is 18.2 Å². The third-order valence-electron chi connectivity index (χ3n) is 4.34. The van der Waals surface area contributed by atoms with E-state index in [0.29, 0.717) is 28.6 Å². The second kappa shape index (κ2) is 8.74. The van der Waals surface area contributed by atoms with Crippen LogP contribution in [0, 0.1) is 0 Å². The highest BCUT2D eigenvalue weighted by molar-refractivity contribution is 7.99. The summed E-state index contributed by atoms with van der Waals surface area (Å²) in [6, 6.07) is 17.4. The summed E-state index contributed by atoms with van der Waals surface area (Å²) in [5.41, 5.74) is 1.21. The first-order valence-corrected chi connectivity index (χ1v) is 10.2. The van der Waals surface area contributed by atoms with Gasteiger partial charge in [-0.2, -0.15) is 0 Å². The average molecular weight is 406 g/mol. The number of hydrogen-bond donors (Lipinski definition) is 1. The Labute approximate surface area is 172 Å². The molecule has 0 unspecified atom stereocenters. The minimum absolute atomic E-state index is 0.137. The van der Waals surface area contributed by atoms with E-state index in [1.807, 2.05) is 18.2 Å². The molecule has 1 aliphatic heterocycles. The Morgan fingerprint density at radius 1 is 1.00 bits per heavy atom. The SMILES string of the molecule is O=C(Nc1ccc(Oc2ncccn2)cc1)[C@@H]1CSCN1C(=O)c1ccccc1. The van der Waals surface area contributed by atoms with Crippen molar-refractivity contribution in [2.24, 2.45) is 0 Å². The molecule has 4 rings (SSSR count). The molecule has 3 aromatic rings. The maximum atomic E-state index is 12.8. The van der Waals surface area contributed by atoms with Crippen LogP contribution in [0.3, 0.4) is 0 Å². The highest BCUT2D eigenvalue weighted by Gasteiger charge is 2.35. The Balaban J connectivity index is 1.40. The lowest BCUT2D eigenvalue weighted by atomic mass is 10.1. The lowest BCUT2D eigenvalue weighted by Gasteiger charge is -2.23. The highest BCUT2D eigenvalue weighted by Crippen LogP contribution is 2.25. The molecule has 0 spiro atoms. The van der Waals surface area contributed by atoms with E-state index in [0.717, 1.165) is 0 Å². The van der Waals surface area contributed by atoms with Crippen LogP contribution >= 0.6 is 11.8 Å². The number of carbonyl (C=O) groups is 2. The molecule has 0 bridgehead atoms. The van der Waals surface area contributed by atoms with Crippen LogP contribution in [0.4, 0.5) is 5.69 Å². The van der Waals surface area contributed by atoms with Crippen LogP contribution in [-0.2, 0) is 4.79 Å². The number of hydrogen-bond acceptors (Lipinski definition) is 6. The molecule has 29 heavy (non-hydrogen) atoms. The van der Waals surface area contributed by atoms with E-state index in [1.54, 1.807) is 71.5 Å². The fourth-order valence-electron chi connectivity index (χ4n) is 2.88. The molecule has 8 heteroatoms. The van der Waals surface area contributed by atoms with Crippen molar-refractivity contribution < 1.29 is 14.3 Å². The molecule has 146 valence electrons. The summed E-state index contributed by atoms with van der Waals surface area (Å²) in [5.74, 6) is 1.28. The van der Waals surface area contributed by atoms with Gasteiger partial charge in [-0.15, -0.1) is 11.8 Å². The number of rotatable bonds is 5. The second-order valence-electron chi connectivity index (χ2n) is 6.30. The fraction of sp³-hybridized carbons (Fsp3) is 0.143. The zero-order chi connectivity index (χ0) is 20.1. The van der Waals surface area contributed by atoms with Crippen LogP contribution < -0.4 is 10.1 Å². The summed E-state index contributed by atoms with van der Waals surface area (Å²) in [4.78, 5) is 35.1. The Morgan fingerprint density at radius 2 is 1.72 bits per heavy atom. The van der Waals surface area contributed by atoms with E-state index >= 15 is 0 Å². The number of thioether (sulfide) groups is 1. The summed E-state index contributed by atoms with van der Waals surface area (Å²) in [5, 5.41) is 2.88. The molecular weight excluding hydrogens is 388 g/mol. The molecule has 0 radical (unpaired) electrons. The fourth-order valence-corrected chi connectivity index (χ4v) is 4.04. The van der Waals surface area contributed by atoms with Crippen molar-refractivity contribution in [1.29, 1.82) is 0 Å². The van der Waals surface area contributed by atoms with Crippen molar-refractivity contribution in [3.05, 3.63) is 78.6 Å². The molecule has 1 aromatic heterocycles. The Kier molecular flexibility index (Phi) is 5.71. The van der Waals surface area contributed by atoms with E-state index in [-0.39, 0.29) is 17.8 Å². The van der Waals surface area contributed by atoms with Crippen molar-refractivity contribution >= 4 is 29.3 Å². The van der Waals surface area contributed by atoms with Crippen molar-refractivity contribution in [3.8, 4) is 11.8 Å². The van der Waals surface area contributed by atoms with Gasteiger partial charge >= 0.3 is 6.01 Å². The molecule has 7 nitrogen and oxygen atoms in total. The summed E-state index contributed by atoms with van der Waals surface area (Å²) in [6.45, 7) is 0. The van der Waals surface area contributed by atoms with Crippen LogP contribution in [0.15, 0.2) is 73.1 Å². The molecule has 2 heterocycles. The van der Waals surface area contributed by atoms with E-state index in [4.69, 9.17) is 4.74 Å². The minimum Gasteiger partial charge on any atom is -0.424 e. The Morgan fingerprint density at radius 3 is 2.45 bits per heavy atom. The van der Waals surface area contributed by atoms with Crippen LogP contribution in [-0.4, -0.2) is 44.4 Å².